The molecule has 2 heteroatoms. The maximum Gasteiger partial charge on any atom is 0.150 e. The lowest BCUT2D eigenvalue weighted by Gasteiger charge is -2.40. The van der Waals surface area contributed by atoms with Crippen LogP contribution in [-0.4, -0.2) is 30.3 Å². The Hall–Kier alpha value is -0.370. The third kappa shape index (κ3) is 2.31. The molecular weight excluding hydrogens is 162 g/mol. The number of likely N-dealkylation sites (N-methyl/N-ethyl adjacent to an activating group) is 1. The third-order valence-electron chi connectivity index (χ3n) is 3.31. The lowest BCUT2D eigenvalue weighted by atomic mass is 9.75. The van der Waals surface area contributed by atoms with Crippen LogP contribution >= 0.6 is 0 Å². The summed E-state index contributed by atoms with van der Waals surface area (Å²) in [5.74, 6) is 0.912. The van der Waals surface area contributed by atoms with Crippen LogP contribution in [0.25, 0.3) is 0 Å². The Labute approximate surface area is 81.3 Å². The number of rotatable bonds is 0. The average molecular weight is 183 g/mol. The Morgan fingerprint density at radius 2 is 1.92 bits per heavy atom. The first kappa shape index (κ1) is 10.7. The van der Waals surface area contributed by atoms with Crippen molar-refractivity contribution in [2.24, 2.45) is 11.3 Å². The number of ketones is 1. The van der Waals surface area contributed by atoms with Crippen LogP contribution in [0, 0.1) is 11.3 Å². The van der Waals surface area contributed by atoms with Crippen LogP contribution in [0.5, 0.6) is 0 Å². The predicted octanol–water partition coefficient (Wildman–Crippen LogP) is 1.94. The molecule has 0 saturated carbocycles. The number of carbonyl (C=O) groups is 1. The van der Waals surface area contributed by atoms with Crippen molar-refractivity contribution in [3.05, 3.63) is 0 Å². The van der Waals surface area contributed by atoms with E-state index in [4.69, 9.17) is 0 Å². The zero-order valence-corrected chi connectivity index (χ0v) is 9.42. The van der Waals surface area contributed by atoms with E-state index in [1.807, 2.05) is 14.0 Å². The van der Waals surface area contributed by atoms with E-state index in [1.54, 1.807) is 0 Å². The zero-order valence-electron chi connectivity index (χ0n) is 9.42. The largest absolute Gasteiger partial charge is 0.298 e. The Balaban J connectivity index is 2.69. The van der Waals surface area contributed by atoms with E-state index >= 15 is 0 Å². The first-order valence-corrected chi connectivity index (χ1v) is 5.05. The monoisotopic (exact) mass is 183 g/mol. The minimum atomic E-state index is 0.124. The van der Waals surface area contributed by atoms with Gasteiger partial charge in [-0.2, -0.15) is 0 Å². The summed E-state index contributed by atoms with van der Waals surface area (Å²) in [6.07, 6.45) is 0.759. The molecule has 1 fully saturated rings. The fourth-order valence-corrected chi connectivity index (χ4v) is 1.81. The van der Waals surface area contributed by atoms with Gasteiger partial charge in [0, 0.05) is 13.0 Å². The summed E-state index contributed by atoms with van der Waals surface area (Å²) in [5.41, 5.74) is 0.254. The highest BCUT2D eigenvalue weighted by Crippen LogP contribution is 2.33. The molecule has 1 rings (SSSR count). The van der Waals surface area contributed by atoms with Crippen LogP contribution in [0.15, 0.2) is 0 Å². The molecule has 0 bridgehead atoms. The molecule has 0 aliphatic carbocycles. The standard InChI is InChI=1S/C11H21NO/c1-8-10(13)6-9(7-12(8)5)11(2,3)4/h8-9H,6-7H2,1-5H3/t8-,9-/m0/s1. The molecule has 76 valence electrons. The fourth-order valence-electron chi connectivity index (χ4n) is 1.81. The number of nitrogens with zero attached hydrogens (tertiary/aromatic N) is 1. The van der Waals surface area contributed by atoms with E-state index in [0.717, 1.165) is 13.0 Å². The summed E-state index contributed by atoms with van der Waals surface area (Å²) in [4.78, 5) is 13.8. The number of hydrogen-bond acceptors (Lipinski definition) is 2. The van der Waals surface area contributed by atoms with Crippen LogP contribution in [-0.2, 0) is 4.79 Å². The lowest BCUT2D eigenvalue weighted by molar-refractivity contribution is -0.129. The second kappa shape index (κ2) is 3.41. The quantitative estimate of drug-likeness (QED) is 0.572. The van der Waals surface area contributed by atoms with Crippen LogP contribution in [0.2, 0.25) is 0 Å². The molecule has 1 aliphatic heterocycles. The molecule has 0 aromatic rings. The van der Waals surface area contributed by atoms with Crippen molar-refractivity contribution in [2.75, 3.05) is 13.6 Å². The van der Waals surface area contributed by atoms with Gasteiger partial charge in [0.05, 0.1) is 6.04 Å². The highest BCUT2D eigenvalue weighted by molar-refractivity contribution is 5.84. The normalized spacial score (nSPS) is 32.2. The molecule has 1 aliphatic rings. The van der Waals surface area contributed by atoms with Crippen molar-refractivity contribution in [3.8, 4) is 0 Å². The van der Waals surface area contributed by atoms with Gasteiger partial charge >= 0.3 is 0 Å². The van der Waals surface area contributed by atoms with Gasteiger partial charge in [-0.05, 0) is 25.3 Å². The lowest BCUT2D eigenvalue weighted by Crippen LogP contribution is -2.48. The van der Waals surface area contributed by atoms with Crippen molar-refractivity contribution in [2.45, 2.75) is 40.2 Å². The molecule has 2 atom stereocenters. The molecule has 2 nitrogen and oxygen atoms in total. The topological polar surface area (TPSA) is 20.3 Å². The van der Waals surface area contributed by atoms with Crippen molar-refractivity contribution < 1.29 is 4.79 Å². The highest BCUT2D eigenvalue weighted by Gasteiger charge is 2.35. The second-order valence-electron chi connectivity index (χ2n) is 5.35. The van der Waals surface area contributed by atoms with E-state index in [0.29, 0.717) is 11.7 Å². The van der Waals surface area contributed by atoms with Gasteiger partial charge in [0.1, 0.15) is 5.78 Å². The van der Waals surface area contributed by atoms with Crippen LogP contribution in [0.1, 0.15) is 34.1 Å². The molecule has 0 amide bonds. The van der Waals surface area contributed by atoms with Gasteiger partial charge in [-0.1, -0.05) is 20.8 Å². The number of piperidine rings is 1. The van der Waals surface area contributed by atoms with Crippen molar-refractivity contribution in [3.63, 3.8) is 0 Å². The van der Waals surface area contributed by atoms with E-state index < -0.39 is 0 Å². The Kier molecular flexibility index (Phi) is 2.81. The van der Waals surface area contributed by atoms with Crippen molar-refractivity contribution in [1.29, 1.82) is 0 Å². The maximum absolute atomic E-state index is 11.6. The van der Waals surface area contributed by atoms with E-state index in [9.17, 15) is 4.79 Å². The molecule has 1 saturated heterocycles. The number of likely N-dealkylation sites (tertiary alicyclic amines) is 1. The summed E-state index contributed by atoms with van der Waals surface area (Å²) >= 11 is 0. The molecule has 0 aromatic heterocycles. The van der Waals surface area contributed by atoms with Gasteiger partial charge in [0.25, 0.3) is 0 Å². The van der Waals surface area contributed by atoms with Crippen LogP contribution < -0.4 is 0 Å². The molecule has 0 aromatic carbocycles. The van der Waals surface area contributed by atoms with Crippen molar-refractivity contribution >= 4 is 5.78 Å². The van der Waals surface area contributed by atoms with Gasteiger partial charge < -0.3 is 0 Å². The zero-order chi connectivity index (χ0) is 10.2. The predicted molar refractivity (Wildman–Crippen MR) is 54.7 cm³/mol. The maximum atomic E-state index is 11.6. The van der Waals surface area contributed by atoms with Crippen molar-refractivity contribution in [1.82, 2.24) is 4.90 Å². The molecule has 1 heterocycles. The molecule has 0 unspecified atom stereocenters. The summed E-state index contributed by atoms with van der Waals surface area (Å²) in [6.45, 7) is 9.70. The molecule has 13 heavy (non-hydrogen) atoms. The SMILES string of the molecule is C[C@H]1C(=O)C[C@H](C(C)(C)C)CN1C. The summed E-state index contributed by atoms with van der Waals surface area (Å²) in [5, 5.41) is 0. The van der Waals surface area contributed by atoms with Gasteiger partial charge in [-0.25, -0.2) is 0 Å². The second-order valence-corrected chi connectivity index (χ2v) is 5.35. The first-order valence-electron chi connectivity index (χ1n) is 5.05. The Morgan fingerprint density at radius 3 is 2.31 bits per heavy atom. The molecule has 0 radical (unpaired) electrons. The summed E-state index contributed by atoms with van der Waals surface area (Å²) in [6, 6.07) is 0.124. The summed E-state index contributed by atoms with van der Waals surface area (Å²) in [7, 11) is 2.04. The smallest absolute Gasteiger partial charge is 0.150 e. The Morgan fingerprint density at radius 1 is 1.38 bits per heavy atom. The third-order valence-corrected chi connectivity index (χ3v) is 3.31. The highest BCUT2D eigenvalue weighted by atomic mass is 16.1. The van der Waals surface area contributed by atoms with E-state index in [2.05, 4.69) is 25.7 Å². The number of hydrogen-bond donors (Lipinski definition) is 0. The van der Waals surface area contributed by atoms with Crippen LogP contribution in [0.4, 0.5) is 0 Å². The molecular formula is C11H21NO. The van der Waals surface area contributed by atoms with Gasteiger partial charge in [0.15, 0.2) is 0 Å². The minimum Gasteiger partial charge on any atom is -0.298 e. The number of carbonyl (C=O) groups excluding carboxylic acids is 1. The summed E-state index contributed by atoms with van der Waals surface area (Å²) < 4.78 is 0. The fraction of sp³-hybridized carbons (Fsp3) is 0.909. The first-order chi connectivity index (χ1) is 5.82. The van der Waals surface area contributed by atoms with Gasteiger partial charge in [0.2, 0.25) is 0 Å². The van der Waals surface area contributed by atoms with Gasteiger partial charge in [-0.3, -0.25) is 9.69 Å². The minimum absolute atomic E-state index is 0.124. The van der Waals surface area contributed by atoms with Crippen LogP contribution in [0.3, 0.4) is 0 Å². The molecule has 0 spiro atoms. The Bertz CT molecular complexity index is 205. The number of Topliss-reactive ketones (excluding diaryl/α,β-unsaturated/α-hetero) is 1. The van der Waals surface area contributed by atoms with E-state index in [-0.39, 0.29) is 11.5 Å². The average Bonchev–Trinajstić information content (AvgIpc) is 1.97. The van der Waals surface area contributed by atoms with Gasteiger partial charge in [-0.15, -0.1) is 0 Å². The molecule has 0 N–H and O–H groups in total. The van der Waals surface area contributed by atoms with E-state index in [1.165, 1.54) is 0 Å².